The Bertz CT molecular complexity index is 766. The molecule has 0 spiro atoms. The summed E-state index contributed by atoms with van der Waals surface area (Å²) in [7, 11) is 0. The van der Waals surface area contributed by atoms with E-state index in [1.807, 2.05) is 18.2 Å². The third kappa shape index (κ3) is 4.64. The Morgan fingerprint density at radius 2 is 2.04 bits per heavy atom. The van der Waals surface area contributed by atoms with Crippen molar-refractivity contribution >= 4 is 11.8 Å². The summed E-state index contributed by atoms with van der Waals surface area (Å²) in [6, 6.07) is 7.39. The summed E-state index contributed by atoms with van der Waals surface area (Å²) in [6.07, 6.45) is 6.73. The van der Waals surface area contributed by atoms with E-state index in [1.165, 1.54) is 6.33 Å². The Kier molecular flexibility index (Phi) is 5.91. The van der Waals surface area contributed by atoms with Crippen LogP contribution in [-0.2, 0) is 4.79 Å². The van der Waals surface area contributed by atoms with E-state index in [1.54, 1.807) is 18.5 Å². The number of amides is 2. The van der Waals surface area contributed by atoms with Crippen molar-refractivity contribution in [3.63, 3.8) is 0 Å². The van der Waals surface area contributed by atoms with E-state index in [9.17, 15) is 9.59 Å². The number of likely N-dealkylation sites (tertiary alicyclic amines) is 1. The molecule has 1 aliphatic heterocycles. The van der Waals surface area contributed by atoms with Crippen LogP contribution in [0.15, 0.2) is 43.0 Å². The van der Waals surface area contributed by atoms with Crippen molar-refractivity contribution in [3.8, 4) is 11.1 Å². The maximum Gasteiger partial charge on any atom is 0.251 e. The SMILES string of the molecule is NC(=O)[C@@H]1CCCN(CCNC(=O)c2cccc(-c3cncnc3)c2)C1. The van der Waals surface area contributed by atoms with Crippen LogP contribution in [0.5, 0.6) is 0 Å². The lowest BCUT2D eigenvalue weighted by atomic mass is 9.97. The molecule has 1 saturated heterocycles. The molecule has 2 aromatic rings. The van der Waals surface area contributed by atoms with Crippen molar-refractivity contribution in [1.29, 1.82) is 0 Å². The van der Waals surface area contributed by atoms with Crippen molar-refractivity contribution < 1.29 is 9.59 Å². The summed E-state index contributed by atoms with van der Waals surface area (Å²) in [5.74, 6) is -0.433. The predicted molar refractivity (Wildman–Crippen MR) is 98.2 cm³/mol. The second-order valence-electron chi connectivity index (χ2n) is 6.51. The van der Waals surface area contributed by atoms with E-state index in [2.05, 4.69) is 20.2 Å². The average molecular weight is 353 g/mol. The van der Waals surface area contributed by atoms with Crippen molar-refractivity contribution in [1.82, 2.24) is 20.2 Å². The molecule has 0 unspecified atom stereocenters. The molecule has 7 heteroatoms. The van der Waals surface area contributed by atoms with Gasteiger partial charge >= 0.3 is 0 Å². The second kappa shape index (κ2) is 8.53. The Morgan fingerprint density at radius 1 is 1.23 bits per heavy atom. The highest BCUT2D eigenvalue weighted by Gasteiger charge is 2.23. The Balaban J connectivity index is 1.53. The van der Waals surface area contributed by atoms with Crippen molar-refractivity contribution in [2.45, 2.75) is 12.8 Å². The summed E-state index contributed by atoms with van der Waals surface area (Å²) >= 11 is 0. The fourth-order valence-electron chi connectivity index (χ4n) is 3.21. The van der Waals surface area contributed by atoms with Crippen molar-refractivity contribution in [2.75, 3.05) is 26.2 Å². The summed E-state index contributed by atoms with van der Waals surface area (Å²) in [6.45, 7) is 2.85. The van der Waals surface area contributed by atoms with Gasteiger partial charge in [-0.3, -0.25) is 9.59 Å². The third-order valence-corrected chi connectivity index (χ3v) is 4.64. The molecule has 26 heavy (non-hydrogen) atoms. The first-order chi connectivity index (χ1) is 12.6. The van der Waals surface area contributed by atoms with Crippen LogP contribution in [0.4, 0.5) is 0 Å². The quantitative estimate of drug-likeness (QED) is 0.809. The molecular formula is C19H23N5O2. The van der Waals surface area contributed by atoms with Gasteiger partial charge in [0.1, 0.15) is 6.33 Å². The first-order valence-electron chi connectivity index (χ1n) is 8.79. The molecule has 3 N–H and O–H groups in total. The lowest BCUT2D eigenvalue weighted by Gasteiger charge is -2.31. The smallest absolute Gasteiger partial charge is 0.251 e. The molecule has 136 valence electrons. The highest BCUT2D eigenvalue weighted by atomic mass is 16.2. The van der Waals surface area contributed by atoms with Crippen molar-refractivity contribution in [3.05, 3.63) is 48.5 Å². The van der Waals surface area contributed by atoms with Gasteiger partial charge in [0.2, 0.25) is 5.91 Å². The summed E-state index contributed by atoms with van der Waals surface area (Å²) in [5.41, 5.74) is 7.77. The molecule has 1 atom stereocenters. The molecule has 1 aromatic heterocycles. The third-order valence-electron chi connectivity index (χ3n) is 4.64. The van der Waals surface area contributed by atoms with Crippen LogP contribution < -0.4 is 11.1 Å². The Hall–Kier alpha value is -2.80. The van der Waals surface area contributed by atoms with Gasteiger partial charge in [0, 0.05) is 43.2 Å². The minimum atomic E-state index is -0.236. The lowest BCUT2D eigenvalue weighted by Crippen LogP contribution is -2.44. The van der Waals surface area contributed by atoms with Gasteiger partial charge in [0.15, 0.2) is 0 Å². The van der Waals surface area contributed by atoms with E-state index in [4.69, 9.17) is 5.73 Å². The van der Waals surface area contributed by atoms with Gasteiger partial charge in [-0.2, -0.15) is 0 Å². The van der Waals surface area contributed by atoms with Gasteiger partial charge in [-0.05, 0) is 37.1 Å². The second-order valence-corrected chi connectivity index (χ2v) is 6.51. The summed E-state index contributed by atoms with van der Waals surface area (Å²) in [4.78, 5) is 33.9. The number of carbonyl (C=O) groups excluding carboxylic acids is 2. The summed E-state index contributed by atoms with van der Waals surface area (Å²) in [5, 5.41) is 2.94. The Labute approximate surface area is 152 Å². The molecule has 1 aromatic carbocycles. The van der Waals surface area contributed by atoms with Gasteiger partial charge < -0.3 is 16.0 Å². The van der Waals surface area contributed by atoms with Crippen LogP contribution in [0.3, 0.4) is 0 Å². The molecule has 0 aliphatic carbocycles. The minimum absolute atomic E-state index is 0.0794. The molecule has 1 fully saturated rings. The number of piperidine rings is 1. The van der Waals surface area contributed by atoms with Gasteiger partial charge in [-0.1, -0.05) is 12.1 Å². The number of hydrogen-bond acceptors (Lipinski definition) is 5. The highest BCUT2D eigenvalue weighted by Crippen LogP contribution is 2.18. The molecule has 0 saturated carbocycles. The number of aromatic nitrogens is 2. The molecule has 2 heterocycles. The van der Waals surface area contributed by atoms with Crippen LogP contribution in [0.25, 0.3) is 11.1 Å². The lowest BCUT2D eigenvalue weighted by molar-refractivity contribution is -0.123. The van der Waals surface area contributed by atoms with Crippen LogP contribution in [0, 0.1) is 5.92 Å². The normalized spacial score (nSPS) is 17.6. The van der Waals surface area contributed by atoms with Gasteiger partial charge in [0.25, 0.3) is 5.91 Å². The zero-order valence-corrected chi connectivity index (χ0v) is 14.6. The summed E-state index contributed by atoms with van der Waals surface area (Å²) < 4.78 is 0. The molecule has 3 rings (SSSR count). The first kappa shape index (κ1) is 18.0. The predicted octanol–water partition coefficient (Wildman–Crippen LogP) is 1.07. The van der Waals surface area contributed by atoms with Crippen LogP contribution in [0.1, 0.15) is 23.2 Å². The maximum absolute atomic E-state index is 12.4. The topological polar surface area (TPSA) is 101 Å². The molecular weight excluding hydrogens is 330 g/mol. The monoisotopic (exact) mass is 353 g/mol. The number of benzene rings is 1. The molecule has 2 amide bonds. The van der Waals surface area contributed by atoms with Gasteiger partial charge in [-0.15, -0.1) is 0 Å². The molecule has 7 nitrogen and oxygen atoms in total. The fourth-order valence-corrected chi connectivity index (χ4v) is 3.21. The van der Waals surface area contributed by atoms with E-state index in [-0.39, 0.29) is 17.7 Å². The Morgan fingerprint density at radius 3 is 2.81 bits per heavy atom. The number of rotatable bonds is 6. The number of hydrogen-bond donors (Lipinski definition) is 2. The number of nitrogens with one attached hydrogen (secondary N) is 1. The minimum Gasteiger partial charge on any atom is -0.369 e. The number of carbonyl (C=O) groups is 2. The number of nitrogens with two attached hydrogens (primary N) is 1. The number of primary amides is 1. The van der Waals surface area contributed by atoms with E-state index in [0.29, 0.717) is 25.2 Å². The fraction of sp³-hybridized carbons (Fsp3) is 0.368. The largest absolute Gasteiger partial charge is 0.369 e. The highest BCUT2D eigenvalue weighted by molar-refractivity contribution is 5.95. The van der Waals surface area contributed by atoms with Crippen LogP contribution >= 0.6 is 0 Å². The molecule has 1 aliphatic rings. The zero-order valence-electron chi connectivity index (χ0n) is 14.6. The molecule has 0 radical (unpaired) electrons. The van der Waals surface area contributed by atoms with Crippen molar-refractivity contribution in [2.24, 2.45) is 11.7 Å². The molecule has 0 bridgehead atoms. The number of nitrogens with zero attached hydrogens (tertiary/aromatic N) is 3. The van der Waals surface area contributed by atoms with Crippen LogP contribution in [-0.4, -0.2) is 52.9 Å². The standard InChI is InChI=1S/C19H23N5O2/c20-18(25)16-5-2-7-24(12-16)8-6-23-19(26)15-4-1-3-14(9-15)17-10-21-13-22-11-17/h1,3-4,9-11,13,16H,2,5-8,12H2,(H2,20,25)(H,23,26)/t16-/m1/s1. The van der Waals surface area contributed by atoms with Gasteiger partial charge in [0.05, 0.1) is 5.92 Å². The maximum atomic E-state index is 12.4. The van der Waals surface area contributed by atoms with Crippen LogP contribution in [0.2, 0.25) is 0 Å². The van der Waals surface area contributed by atoms with E-state index >= 15 is 0 Å². The zero-order chi connectivity index (χ0) is 18.4. The van der Waals surface area contributed by atoms with E-state index in [0.717, 1.165) is 30.5 Å². The van der Waals surface area contributed by atoms with E-state index < -0.39 is 0 Å². The first-order valence-corrected chi connectivity index (χ1v) is 8.79. The van der Waals surface area contributed by atoms with Gasteiger partial charge in [-0.25, -0.2) is 9.97 Å². The average Bonchev–Trinajstić information content (AvgIpc) is 2.69.